The van der Waals surface area contributed by atoms with E-state index in [1.165, 1.54) is 0 Å². The monoisotopic (exact) mass is 408 g/mol. The number of halogens is 1. The molecule has 0 amide bonds. The molecule has 0 bridgehead atoms. The molecule has 132 valence electrons. The van der Waals surface area contributed by atoms with Crippen LogP contribution in [0, 0.1) is 0 Å². The van der Waals surface area contributed by atoms with Crippen molar-refractivity contribution in [3.05, 3.63) is 46.4 Å². The molecular weight excluding hydrogens is 392 g/mol. The van der Waals surface area contributed by atoms with E-state index in [0.29, 0.717) is 30.5 Å². The van der Waals surface area contributed by atoms with Crippen molar-refractivity contribution in [2.24, 2.45) is 0 Å². The summed E-state index contributed by atoms with van der Waals surface area (Å²) in [4.78, 5) is 11.9. The maximum absolute atomic E-state index is 11.9. The Balaban J connectivity index is 1.51. The van der Waals surface area contributed by atoms with Gasteiger partial charge in [0.15, 0.2) is 18.1 Å². The van der Waals surface area contributed by atoms with Crippen molar-refractivity contribution >= 4 is 21.9 Å². The van der Waals surface area contributed by atoms with E-state index in [0.717, 1.165) is 15.8 Å². The van der Waals surface area contributed by atoms with Gasteiger partial charge in [0, 0.05) is 10.0 Å². The third kappa shape index (κ3) is 4.57. The highest BCUT2D eigenvalue weighted by atomic mass is 79.9. The molecule has 0 radical (unpaired) electrons. The van der Waals surface area contributed by atoms with E-state index >= 15 is 0 Å². The van der Waals surface area contributed by atoms with E-state index < -0.39 is 5.97 Å². The zero-order valence-corrected chi connectivity index (χ0v) is 15.2. The third-order valence-corrected chi connectivity index (χ3v) is 4.25. The lowest BCUT2D eigenvalue weighted by atomic mass is 10.2. The fraction of sp³-hybridized carbons (Fsp3) is 0.278. The lowest BCUT2D eigenvalue weighted by Crippen LogP contribution is -2.17. The predicted octanol–water partition coefficient (Wildman–Crippen LogP) is 3.35. The van der Waals surface area contributed by atoms with Crippen LogP contribution in [-0.2, 0) is 16.1 Å². The normalized spacial score (nSPS) is 12.4. The van der Waals surface area contributed by atoms with Crippen molar-refractivity contribution in [3.8, 4) is 23.0 Å². The van der Waals surface area contributed by atoms with Gasteiger partial charge in [-0.15, -0.1) is 0 Å². The molecule has 3 rings (SSSR count). The van der Waals surface area contributed by atoms with Crippen molar-refractivity contribution < 1.29 is 28.5 Å². The smallest absolute Gasteiger partial charge is 0.344 e. The van der Waals surface area contributed by atoms with Crippen LogP contribution < -0.4 is 18.9 Å². The summed E-state index contributed by atoms with van der Waals surface area (Å²) in [5, 5.41) is 0. The average Bonchev–Trinajstić information content (AvgIpc) is 2.65. The van der Waals surface area contributed by atoms with Crippen molar-refractivity contribution in [1.29, 1.82) is 0 Å². The van der Waals surface area contributed by atoms with Crippen molar-refractivity contribution in [2.45, 2.75) is 6.61 Å². The van der Waals surface area contributed by atoms with Crippen molar-refractivity contribution in [3.63, 3.8) is 0 Å². The summed E-state index contributed by atoms with van der Waals surface area (Å²) in [5.74, 6) is 2.15. The topological polar surface area (TPSA) is 63.2 Å². The zero-order chi connectivity index (χ0) is 17.6. The number of esters is 1. The minimum absolute atomic E-state index is 0.113. The highest BCUT2D eigenvalue weighted by molar-refractivity contribution is 9.10. The molecule has 0 saturated heterocycles. The molecule has 0 atom stereocenters. The van der Waals surface area contributed by atoms with Crippen LogP contribution in [0.5, 0.6) is 23.0 Å². The number of methoxy groups -OCH3 is 1. The van der Waals surface area contributed by atoms with Gasteiger partial charge >= 0.3 is 5.97 Å². The lowest BCUT2D eigenvalue weighted by Gasteiger charge is -2.19. The van der Waals surface area contributed by atoms with Crippen molar-refractivity contribution in [1.82, 2.24) is 0 Å². The van der Waals surface area contributed by atoms with E-state index in [1.807, 2.05) is 6.07 Å². The van der Waals surface area contributed by atoms with Crippen LogP contribution in [-0.4, -0.2) is 32.9 Å². The van der Waals surface area contributed by atoms with Crippen LogP contribution in [0.25, 0.3) is 0 Å². The lowest BCUT2D eigenvalue weighted by molar-refractivity contribution is -0.147. The quantitative estimate of drug-likeness (QED) is 0.682. The van der Waals surface area contributed by atoms with Crippen LogP contribution >= 0.6 is 15.9 Å². The van der Waals surface area contributed by atoms with Gasteiger partial charge in [0.1, 0.15) is 31.3 Å². The van der Waals surface area contributed by atoms with E-state index in [9.17, 15) is 4.79 Å². The molecule has 1 aliphatic heterocycles. The second-order valence-corrected chi connectivity index (χ2v) is 6.07. The Bertz CT molecular complexity index is 744. The number of benzene rings is 2. The summed E-state index contributed by atoms with van der Waals surface area (Å²) in [6.45, 7) is 0.969. The molecule has 0 fully saturated rings. The first kappa shape index (κ1) is 17.4. The van der Waals surface area contributed by atoms with E-state index in [-0.39, 0.29) is 13.2 Å². The molecule has 25 heavy (non-hydrogen) atoms. The molecule has 6 nitrogen and oxygen atoms in total. The summed E-state index contributed by atoms with van der Waals surface area (Å²) in [6.07, 6.45) is 0. The van der Waals surface area contributed by atoms with Gasteiger partial charge < -0.3 is 23.7 Å². The molecule has 0 N–H and O–H groups in total. The van der Waals surface area contributed by atoms with Crippen LogP contribution in [0.4, 0.5) is 0 Å². The average molecular weight is 409 g/mol. The Labute approximate surface area is 153 Å². The standard InChI is InChI=1S/C18H17BrO6/c1-21-13-2-4-14(5-3-13)24-11-18(20)25-10-12-8-16-17(9-15(12)19)23-7-6-22-16/h2-5,8-9H,6-7,10-11H2,1H3. The van der Waals surface area contributed by atoms with Gasteiger partial charge in [-0.1, -0.05) is 15.9 Å². The van der Waals surface area contributed by atoms with E-state index in [2.05, 4.69) is 15.9 Å². The number of hydrogen-bond donors (Lipinski definition) is 0. The first-order chi connectivity index (χ1) is 12.2. The molecule has 0 unspecified atom stereocenters. The summed E-state index contributed by atoms with van der Waals surface area (Å²) >= 11 is 3.44. The molecule has 2 aromatic carbocycles. The molecule has 7 heteroatoms. The Kier molecular flexibility index (Phi) is 5.65. The molecule has 0 spiro atoms. The first-order valence-corrected chi connectivity index (χ1v) is 8.45. The third-order valence-electron chi connectivity index (χ3n) is 3.52. The number of rotatable bonds is 6. The number of carbonyl (C=O) groups is 1. The zero-order valence-electron chi connectivity index (χ0n) is 13.6. The van der Waals surface area contributed by atoms with Crippen LogP contribution in [0.3, 0.4) is 0 Å². The Hall–Kier alpha value is -2.41. The van der Waals surface area contributed by atoms with Crippen LogP contribution in [0.1, 0.15) is 5.56 Å². The summed E-state index contributed by atoms with van der Waals surface area (Å²) in [5.41, 5.74) is 0.794. The second kappa shape index (κ2) is 8.11. The van der Waals surface area contributed by atoms with Gasteiger partial charge in [0.25, 0.3) is 0 Å². The summed E-state index contributed by atoms with van der Waals surface area (Å²) < 4.78 is 27.5. The molecule has 2 aromatic rings. The van der Waals surface area contributed by atoms with Gasteiger partial charge in [0.2, 0.25) is 0 Å². The summed E-state index contributed by atoms with van der Waals surface area (Å²) in [6, 6.07) is 10.6. The molecule has 0 aliphatic carbocycles. The van der Waals surface area contributed by atoms with Gasteiger partial charge in [-0.25, -0.2) is 4.79 Å². The van der Waals surface area contributed by atoms with Gasteiger partial charge in [-0.3, -0.25) is 0 Å². The number of fused-ring (bicyclic) bond motifs is 1. The minimum atomic E-state index is -0.461. The van der Waals surface area contributed by atoms with E-state index in [1.54, 1.807) is 37.4 Å². The minimum Gasteiger partial charge on any atom is -0.497 e. The molecule has 0 saturated carbocycles. The Morgan fingerprint density at radius 1 is 1.08 bits per heavy atom. The Morgan fingerprint density at radius 2 is 1.72 bits per heavy atom. The Morgan fingerprint density at radius 3 is 2.40 bits per heavy atom. The molecule has 1 heterocycles. The molecule has 0 aromatic heterocycles. The highest BCUT2D eigenvalue weighted by Crippen LogP contribution is 2.35. The van der Waals surface area contributed by atoms with Crippen LogP contribution in [0.15, 0.2) is 40.9 Å². The van der Waals surface area contributed by atoms with Gasteiger partial charge in [0.05, 0.1) is 7.11 Å². The van der Waals surface area contributed by atoms with Crippen LogP contribution in [0.2, 0.25) is 0 Å². The molecule has 1 aliphatic rings. The van der Waals surface area contributed by atoms with Gasteiger partial charge in [-0.2, -0.15) is 0 Å². The van der Waals surface area contributed by atoms with Gasteiger partial charge in [-0.05, 0) is 36.4 Å². The fourth-order valence-corrected chi connectivity index (χ4v) is 2.67. The van der Waals surface area contributed by atoms with Crippen molar-refractivity contribution in [2.75, 3.05) is 26.9 Å². The fourth-order valence-electron chi connectivity index (χ4n) is 2.23. The second-order valence-electron chi connectivity index (χ2n) is 5.21. The number of carbonyl (C=O) groups excluding carboxylic acids is 1. The molecular formula is C18H17BrO6. The largest absolute Gasteiger partial charge is 0.497 e. The summed E-state index contributed by atoms with van der Waals surface area (Å²) in [7, 11) is 1.59. The maximum Gasteiger partial charge on any atom is 0.344 e. The number of ether oxygens (including phenoxy) is 5. The van der Waals surface area contributed by atoms with E-state index in [4.69, 9.17) is 23.7 Å². The number of hydrogen-bond acceptors (Lipinski definition) is 6. The highest BCUT2D eigenvalue weighted by Gasteiger charge is 2.16. The SMILES string of the molecule is COc1ccc(OCC(=O)OCc2cc3c(cc2Br)OCCO3)cc1. The predicted molar refractivity (Wildman–Crippen MR) is 93.4 cm³/mol. The first-order valence-electron chi connectivity index (χ1n) is 7.66. The maximum atomic E-state index is 11.9.